The van der Waals surface area contributed by atoms with Crippen molar-refractivity contribution in [3.8, 4) is 5.82 Å². The zero-order valence-corrected chi connectivity index (χ0v) is 17.4. The number of nitrogens with one attached hydrogen (secondary N) is 2. The van der Waals surface area contributed by atoms with Crippen molar-refractivity contribution >= 4 is 34.8 Å². The van der Waals surface area contributed by atoms with E-state index in [4.69, 9.17) is 11.6 Å². The normalized spacial score (nSPS) is 18.2. The summed E-state index contributed by atoms with van der Waals surface area (Å²) in [6.45, 7) is 0. The number of rotatable bonds is 5. The highest BCUT2D eigenvalue weighted by molar-refractivity contribution is 7.18. The van der Waals surface area contributed by atoms with Crippen molar-refractivity contribution in [2.75, 3.05) is 0 Å². The Morgan fingerprint density at radius 1 is 1.03 bits per heavy atom. The zero-order chi connectivity index (χ0) is 21.1. The third-order valence-electron chi connectivity index (χ3n) is 5.03. The average Bonchev–Trinajstić information content (AvgIpc) is 3.37. The van der Waals surface area contributed by atoms with Gasteiger partial charge in [-0.1, -0.05) is 17.7 Å². The average molecular weight is 443 g/mol. The van der Waals surface area contributed by atoms with E-state index < -0.39 is 0 Å². The van der Waals surface area contributed by atoms with Gasteiger partial charge in [-0.3, -0.25) is 19.0 Å². The van der Waals surface area contributed by atoms with Crippen LogP contribution >= 0.6 is 22.9 Å². The SMILES string of the molecule is O=C(N[C@H]1CCC[C@H]1NC(=O)c1ccc(Cl)s1)c1ccc(-n2ccccc2=O)nc1. The van der Waals surface area contributed by atoms with E-state index in [-0.39, 0.29) is 29.5 Å². The molecule has 9 heteroatoms. The summed E-state index contributed by atoms with van der Waals surface area (Å²) < 4.78 is 1.96. The van der Waals surface area contributed by atoms with Gasteiger partial charge in [-0.15, -0.1) is 11.3 Å². The monoisotopic (exact) mass is 442 g/mol. The molecule has 1 fully saturated rings. The third kappa shape index (κ3) is 4.44. The topological polar surface area (TPSA) is 93.1 Å². The van der Waals surface area contributed by atoms with Gasteiger partial charge in [0.05, 0.1) is 14.8 Å². The molecule has 4 rings (SSSR count). The molecule has 0 aromatic carbocycles. The number of aromatic nitrogens is 2. The maximum atomic E-state index is 12.7. The van der Waals surface area contributed by atoms with E-state index in [1.165, 1.54) is 28.2 Å². The van der Waals surface area contributed by atoms with E-state index in [2.05, 4.69) is 15.6 Å². The fourth-order valence-electron chi connectivity index (χ4n) is 3.51. The van der Waals surface area contributed by atoms with Crippen LogP contribution in [-0.2, 0) is 0 Å². The van der Waals surface area contributed by atoms with Gasteiger partial charge in [-0.05, 0) is 49.6 Å². The van der Waals surface area contributed by atoms with Crippen LogP contribution in [0.5, 0.6) is 0 Å². The first kappa shape index (κ1) is 20.3. The highest BCUT2D eigenvalue weighted by Crippen LogP contribution is 2.24. The van der Waals surface area contributed by atoms with Gasteiger partial charge in [0.2, 0.25) is 0 Å². The second-order valence-electron chi connectivity index (χ2n) is 7.01. The smallest absolute Gasteiger partial charge is 0.261 e. The van der Waals surface area contributed by atoms with Crippen LogP contribution in [0.2, 0.25) is 4.34 Å². The molecule has 3 aromatic rings. The predicted octanol–water partition coefficient (Wildman–Crippen LogP) is 3.03. The Kier molecular flexibility index (Phi) is 5.96. The first-order chi connectivity index (χ1) is 14.5. The van der Waals surface area contributed by atoms with Crippen LogP contribution in [0, 0.1) is 0 Å². The fourth-order valence-corrected chi connectivity index (χ4v) is 4.46. The van der Waals surface area contributed by atoms with Crippen molar-refractivity contribution in [1.82, 2.24) is 20.2 Å². The van der Waals surface area contributed by atoms with Crippen molar-refractivity contribution in [3.63, 3.8) is 0 Å². The number of carbonyl (C=O) groups excluding carboxylic acids is 2. The Morgan fingerprint density at radius 2 is 1.80 bits per heavy atom. The zero-order valence-electron chi connectivity index (χ0n) is 15.9. The lowest BCUT2D eigenvalue weighted by Gasteiger charge is -2.22. The van der Waals surface area contributed by atoms with Gasteiger partial charge in [-0.25, -0.2) is 4.98 Å². The Morgan fingerprint density at radius 3 is 2.43 bits per heavy atom. The Bertz CT molecular complexity index is 1130. The van der Waals surface area contributed by atoms with Gasteiger partial charge >= 0.3 is 0 Å². The minimum absolute atomic E-state index is 0.141. The summed E-state index contributed by atoms with van der Waals surface area (Å²) in [6, 6.07) is 11.2. The molecule has 3 heterocycles. The van der Waals surface area contributed by atoms with E-state index in [1.54, 1.807) is 42.6 Å². The molecule has 7 nitrogen and oxygen atoms in total. The molecule has 0 bridgehead atoms. The lowest BCUT2D eigenvalue weighted by atomic mass is 10.1. The lowest BCUT2D eigenvalue weighted by molar-refractivity contribution is 0.0893. The molecule has 1 aliphatic carbocycles. The minimum atomic E-state index is -0.264. The summed E-state index contributed by atoms with van der Waals surface area (Å²) >= 11 is 7.13. The second-order valence-corrected chi connectivity index (χ2v) is 8.72. The van der Waals surface area contributed by atoms with E-state index in [1.807, 2.05) is 0 Å². The van der Waals surface area contributed by atoms with E-state index in [9.17, 15) is 14.4 Å². The van der Waals surface area contributed by atoms with Gasteiger partial charge in [0.15, 0.2) is 0 Å². The number of amides is 2. The highest BCUT2D eigenvalue weighted by Gasteiger charge is 2.30. The number of pyridine rings is 2. The summed E-state index contributed by atoms with van der Waals surface area (Å²) in [4.78, 5) is 41.8. The molecule has 2 atom stereocenters. The molecule has 2 amide bonds. The molecule has 1 saturated carbocycles. The van der Waals surface area contributed by atoms with Crippen LogP contribution in [0.3, 0.4) is 0 Å². The Balaban J connectivity index is 1.41. The number of hydrogen-bond donors (Lipinski definition) is 2. The molecular weight excluding hydrogens is 424 g/mol. The van der Waals surface area contributed by atoms with Gasteiger partial charge < -0.3 is 10.6 Å². The van der Waals surface area contributed by atoms with Crippen molar-refractivity contribution in [3.05, 3.63) is 80.0 Å². The molecule has 3 aromatic heterocycles. The molecule has 0 aliphatic heterocycles. The van der Waals surface area contributed by atoms with Gasteiger partial charge in [0, 0.05) is 30.5 Å². The largest absolute Gasteiger partial charge is 0.347 e. The first-order valence-corrected chi connectivity index (χ1v) is 10.7. The van der Waals surface area contributed by atoms with Crippen LogP contribution in [0.1, 0.15) is 39.3 Å². The number of nitrogens with zero attached hydrogens (tertiary/aromatic N) is 2. The summed E-state index contributed by atoms with van der Waals surface area (Å²) in [5.74, 6) is -0.00471. The van der Waals surface area contributed by atoms with Gasteiger partial charge in [0.1, 0.15) is 5.82 Å². The molecule has 0 radical (unpaired) electrons. The van der Waals surface area contributed by atoms with Crippen molar-refractivity contribution < 1.29 is 9.59 Å². The standard InChI is InChI=1S/C21H19ClN4O3S/c22-17-9-8-16(30-17)21(29)25-15-5-3-4-14(15)24-20(28)13-7-10-18(23-12-13)26-11-2-1-6-19(26)27/h1-2,6-12,14-15H,3-5H2,(H,24,28)(H,25,29)/t14-,15+/m0/s1. The van der Waals surface area contributed by atoms with E-state index >= 15 is 0 Å². The van der Waals surface area contributed by atoms with Crippen LogP contribution in [0.25, 0.3) is 5.82 Å². The fraction of sp³-hybridized carbons (Fsp3) is 0.238. The molecular formula is C21H19ClN4O3S. The van der Waals surface area contributed by atoms with Crippen LogP contribution in [-0.4, -0.2) is 33.4 Å². The number of halogens is 1. The molecule has 154 valence electrons. The molecule has 2 N–H and O–H groups in total. The second kappa shape index (κ2) is 8.81. The Labute approximate surface area is 181 Å². The van der Waals surface area contributed by atoms with E-state index in [0.29, 0.717) is 20.6 Å². The summed E-state index contributed by atoms with van der Waals surface area (Å²) in [5, 5.41) is 5.99. The van der Waals surface area contributed by atoms with Gasteiger partial charge in [-0.2, -0.15) is 0 Å². The van der Waals surface area contributed by atoms with Crippen LogP contribution in [0.4, 0.5) is 0 Å². The molecule has 0 spiro atoms. The molecule has 0 saturated heterocycles. The molecule has 30 heavy (non-hydrogen) atoms. The number of carbonyl (C=O) groups is 2. The minimum Gasteiger partial charge on any atom is -0.347 e. The van der Waals surface area contributed by atoms with Crippen molar-refractivity contribution in [2.45, 2.75) is 31.3 Å². The van der Waals surface area contributed by atoms with Crippen molar-refractivity contribution in [1.29, 1.82) is 0 Å². The molecule has 0 unspecified atom stereocenters. The summed E-state index contributed by atoms with van der Waals surface area (Å²) in [5.41, 5.74) is 0.198. The maximum Gasteiger partial charge on any atom is 0.261 e. The maximum absolute atomic E-state index is 12.7. The van der Waals surface area contributed by atoms with Crippen LogP contribution < -0.4 is 16.2 Å². The van der Waals surface area contributed by atoms with Crippen LogP contribution in [0.15, 0.2) is 59.7 Å². The number of thiophene rings is 1. The number of hydrogen-bond acceptors (Lipinski definition) is 5. The lowest BCUT2D eigenvalue weighted by Crippen LogP contribution is -2.48. The molecule has 1 aliphatic rings. The third-order valence-corrected chi connectivity index (χ3v) is 6.26. The Hall–Kier alpha value is -2.97. The first-order valence-electron chi connectivity index (χ1n) is 9.52. The predicted molar refractivity (Wildman–Crippen MR) is 116 cm³/mol. The van der Waals surface area contributed by atoms with Gasteiger partial charge in [0.25, 0.3) is 17.4 Å². The van der Waals surface area contributed by atoms with Crippen molar-refractivity contribution in [2.24, 2.45) is 0 Å². The van der Waals surface area contributed by atoms with E-state index in [0.717, 1.165) is 19.3 Å². The quantitative estimate of drug-likeness (QED) is 0.635. The summed E-state index contributed by atoms with van der Waals surface area (Å²) in [7, 11) is 0. The highest BCUT2D eigenvalue weighted by atomic mass is 35.5. The summed E-state index contributed by atoms with van der Waals surface area (Å²) in [6.07, 6.45) is 5.56.